The van der Waals surface area contributed by atoms with E-state index in [2.05, 4.69) is 0 Å². The van der Waals surface area contributed by atoms with Gasteiger partial charge in [0.15, 0.2) is 6.04 Å². The van der Waals surface area contributed by atoms with Crippen LogP contribution < -0.4 is 0 Å². The fraction of sp³-hybridized carbons (Fsp3) is 0.857. The summed E-state index contributed by atoms with van der Waals surface area (Å²) in [5, 5.41) is 0. The number of esters is 1. The Morgan fingerprint density at radius 2 is 1.89 bits per heavy atom. The molecule has 3 unspecified atom stereocenters. The van der Waals surface area contributed by atoms with Crippen LogP contribution in [0.25, 0.3) is 0 Å². The van der Waals surface area contributed by atoms with Gasteiger partial charge in [0.2, 0.25) is 5.91 Å². The van der Waals surface area contributed by atoms with Crippen molar-refractivity contribution < 1.29 is 19.1 Å². The highest BCUT2D eigenvalue weighted by molar-refractivity contribution is 5.88. The number of nitrogens with zero attached hydrogens (tertiary/aromatic N) is 1. The van der Waals surface area contributed by atoms with Crippen molar-refractivity contribution in [1.29, 1.82) is 0 Å². The third kappa shape index (κ3) is 2.24. The molecule has 0 aromatic carbocycles. The van der Waals surface area contributed by atoms with Gasteiger partial charge in [0.05, 0.1) is 20.3 Å². The Morgan fingerprint density at radius 3 is 2.53 bits per heavy atom. The van der Waals surface area contributed by atoms with Crippen molar-refractivity contribution in [3.63, 3.8) is 0 Å². The number of rotatable bonds is 2. The monoisotopic (exact) mass is 267 g/mol. The predicted molar refractivity (Wildman–Crippen MR) is 67.3 cm³/mol. The number of fused-ring (bicyclic) bond motifs is 1. The van der Waals surface area contributed by atoms with Crippen LogP contribution >= 0.6 is 0 Å². The normalized spacial score (nSPS) is 37.4. The molecule has 0 aromatic heterocycles. The lowest BCUT2D eigenvalue weighted by Gasteiger charge is -2.34. The fourth-order valence-corrected chi connectivity index (χ4v) is 3.75. The van der Waals surface area contributed by atoms with Crippen molar-refractivity contribution in [2.24, 2.45) is 17.8 Å². The van der Waals surface area contributed by atoms with Crippen molar-refractivity contribution in [2.45, 2.75) is 31.7 Å². The molecular weight excluding hydrogens is 246 g/mol. The van der Waals surface area contributed by atoms with Crippen LogP contribution in [0.4, 0.5) is 0 Å². The zero-order chi connectivity index (χ0) is 13.4. The first kappa shape index (κ1) is 12.9. The van der Waals surface area contributed by atoms with Gasteiger partial charge in [0.1, 0.15) is 0 Å². The molecule has 19 heavy (non-hydrogen) atoms. The molecule has 1 amide bonds. The third-order valence-corrected chi connectivity index (χ3v) is 4.83. The molecule has 0 spiro atoms. The molecule has 0 bridgehead atoms. The van der Waals surface area contributed by atoms with Crippen molar-refractivity contribution in [1.82, 2.24) is 4.90 Å². The number of hydrogen-bond acceptors (Lipinski definition) is 4. The molecule has 5 nitrogen and oxygen atoms in total. The molecule has 1 heterocycles. The van der Waals surface area contributed by atoms with Gasteiger partial charge in [-0.25, -0.2) is 4.79 Å². The maximum Gasteiger partial charge on any atom is 0.331 e. The molecule has 1 saturated heterocycles. The van der Waals surface area contributed by atoms with E-state index in [1.807, 2.05) is 0 Å². The largest absolute Gasteiger partial charge is 0.467 e. The lowest BCUT2D eigenvalue weighted by atomic mass is 10.0. The van der Waals surface area contributed by atoms with Gasteiger partial charge >= 0.3 is 5.97 Å². The van der Waals surface area contributed by atoms with Gasteiger partial charge in [-0.05, 0) is 24.7 Å². The zero-order valence-electron chi connectivity index (χ0n) is 11.3. The minimum Gasteiger partial charge on any atom is -0.467 e. The van der Waals surface area contributed by atoms with Crippen LogP contribution in [-0.2, 0) is 19.1 Å². The molecule has 5 heteroatoms. The molecular formula is C14H21NO4. The van der Waals surface area contributed by atoms with E-state index in [4.69, 9.17) is 9.47 Å². The molecule has 1 aliphatic heterocycles. The summed E-state index contributed by atoms with van der Waals surface area (Å²) in [6, 6.07) is -0.547. The Balaban J connectivity index is 1.69. The number of carbonyl (C=O) groups excluding carboxylic acids is 2. The van der Waals surface area contributed by atoms with Gasteiger partial charge in [0, 0.05) is 12.5 Å². The Morgan fingerprint density at radius 1 is 1.21 bits per heavy atom. The quantitative estimate of drug-likeness (QED) is 0.695. The highest BCUT2D eigenvalue weighted by atomic mass is 16.5. The lowest BCUT2D eigenvalue weighted by Crippen LogP contribution is -2.53. The summed E-state index contributed by atoms with van der Waals surface area (Å²) >= 11 is 0. The van der Waals surface area contributed by atoms with Gasteiger partial charge in [-0.2, -0.15) is 0 Å². The van der Waals surface area contributed by atoms with Crippen molar-refractivity contribution >= 4 is 11.9 Å². The van der Waals surface area contributed by atoms with E-state index >= 15 is 0 Å². The van der Waals surface area contributed by atoms with Gasteiger partial charge < -0.3 is 14.4 Å². The molecule has 2 saturated carbocycles. The van der Waals surface area contributed by atoms with Crippen LogP contribution in [0.15, 0.2) is 0 Å². The molecule has 3 atom stereocenters. The summed E-state index contributed by atoms with van der Waals surface area (Å²) in [6.07, 6.45) is 4.84. The second kappa shape index (κ2) is 5.12. The maximum absolute atomic E-state index is 12.6. The smallest absolute Gasteiger partial charge is 0.331 e. The molecule has 0 radical (unpaired) electrons. The zero-order valence-corrected chi connectivity index (χ0v) is 11.3. The Kier molecular flexibility index (Phi) is 3.48. The maximum atomic E-state index is 12.6. The molecule has 3 fully saturated rings. The molecule has 3 aliphatic rings. The summed E-state index contributed by atoms with van der Waals surface area (Å²) in [7, 11) is 1.36. The van der Waals surface area contributed by atoms with Crippen molar-refractivity contribution in [3.05, 3.63) is 0 Å². The second-order valence-electron chi connectivity index (χ2n) is 5.78. The second-order valence-corrected chi connectivity index (χ2v) is 5.78. The first-order chi connectivity index (χ1) is 9.24. The standard InChI is InChI=1S/C14H21NO4/c1-18-14(17)11-8-19-7-6-15(11)13(16)12-9-4-2-3-5-10(9)12/h9-12H,2-8H2,1H3. The van der Waals surface area contributed by atoms with Gasteiger partial charge in [-0.15, -0.1) is 0 Å². The number of methoxy groups -OCH3 is 1. The van der Waals surface area contributed by atoms with E-state index in [0.717, 1.165) is 0 Å². The van der Waals surface area contributed by atoms with Crippen LogP contribution in [0, 0.1) is 17.8 Å². The van der Waals surface area contributed by atoms with Crippen LogP contribution in [0.3, 0.4) is 0 Å². The number of hydrogen-bond donors (Lipinski definition) is 0. The minimum absolute atomic E-state index is 0.149. The summed E-state index contributed by atoms with van der Waals surface area (Å²) in [6.45, 7) is 1.29. The molecule has 2 aliphatic carbocycles. The highest BCUT2D eigenvalue weighted by Crippen LogP contribution is 2.56. The number of ether oxygens (including phenoxy) is 2. The summed E-state index contributed by atoms with van der Waals surface area (Å²) < 4.78 is 10.1. The van der Waals surface area contributed by atoms with E-state index in [0.29, 0.717) is 25.0 Å². The van der Waals surface area contributed by atoms with E-state index in [1.165, 1.54) is 32.8 Å². The Hall–Kier alpha value is -1.10. The number of carbonyl (C=O) groups is 2. The minimum atomic E-state index is -0.547. The van der Waals surface area contributed by atoms with Gasteiger partial charge in [-0.3, -0.25) is 4.79 Å². The fourth-order valence-electron chi connectivity index (χ4n) is 3.75. The molecule has 3 rings (SSSR count). The Labute approximate surface area is 113 Å². The molecule has 0 aromatic rings. The van der Waals surface area contributed by atoms with E-state index in [9.17, 15) is 9.59 Å². The van der Waals surface area contributed by atoms with Crippen molar-refractivity contribution in [3.8, 4) is 0 Å². The van der Waals surface area contributed by atoms with Crippen LogP contribution in [0.1, 0.15) is 25.7 Å². The van der Waals surface area contributed by atoms with Gasteiger partial charge in [-0.1, -0.05) is 12.8 Å². The van der Waals surface area contributed by atoms with E-state index < -0.39 is 6.04 Å². The lowest BCUT2D eigenvalue weighted by molar-refractivity contribution is -0.161. The average Bonchev–Trinajstić information content (AvgIpc) is 3.20. The topological polar surface area (TPSA) is 55.8 Å². The first-order valence-electron chi connectivity index (χ1n) is 7.20. The van der Waals surface area contributed by atoms with Crippen LogP contribution in [0.5, 0.6) is 0 Å². The number of morpholine rings is 1. The Bertz CT molecular complexity index is 372. The third-order valence-electron chi connectivity index (χ3n) is 4.83. The first-order valence-corrected chi connectivity index (χ1v) is 7.20. The summed E-state index contributed by atoms with van der Waals surface area (Å²) in [5.74, 6) is 1.09. The van der Waals surface area contributed by atoms with E-state index in [1.54, 1.807) is 4.90 Å². The SMILES string of the molecule is COC(=O)C1COCCN1C(=O)C1C2CCCCC21. The average molecular weight is 267 g/mol. The highest BCUT2D eigenvalue weighted by Gasteiger charge is 2.56. The predicted octanol–water partition coefficient (Wildman–Crippen LogP) is 0.823. The van der Waals surface area contributed by atoms with Crippen molar-refractivity contribution in [2.75, 3.05) is 26.9 Å². The van der Waals surface area contributed by atoms with Crippen LogP contribution in [0.2, 0.25) is 0 Å². The summed E-state index contributed by atoms with van der Waals surface area (Å²) in [5.41, 5.74) is 0. The van der Waals surface area contributed by atoms with Gasteiger partial charge in [0.25, 0.3) is 0 Å². The van der Waals surface area contributed by atoms with E-state index in [-0.39, 0.29) is 24.4 Å². The molecule has 0 N–H and O–H groups in total. The molecule has 106 valence electrons. The van der Waals surface area contributed by atoms with Crippen LogP contribution in [-0.4, -0.2) is 49.7 Å². The summed E-state index contributed by atoms with van der Waals surface area (Å²) in [4.78, 5) is 26.1. The number of amides is 1.